The van der Waals surface area contributed by atoms with E-state index >= 15 is 0 Å². The SMILES string of the molecule is CSc1nc(-c2ccc(Br)cc2N2CCCCC2)c(C#N)c(=O)[nH]1. The molecule has 3 rings (SSSR count). The Morgan fingerprint density at radius 3 is 2.75 bits per heavy atom. The second-order valence-electron chi connectivity index (χ2n) is 5.62. The highest BCUT2D eigenvalue weighted by molar-refractivity contribution is 9.10. The zero-order valence-corrected chi connectivity index (χ0v) is 15.7. The monoisotopic (exact) mass is 404 g/mol. The van der Waals surface area contributed by atoms with Crippen LogP contribution >= 0.6 is 27.7 Å². The Bertz CT molecular complexity index is 853. The summed E-state index contributed by atoms with van der Waals surface area (Å²) in [6.45, 7) is 1.95. The molecule has 1 aromatic carbocycles. The van der Waals surface area contributed by atoms with E-state index < -0.39 is 0 Å². The zero-order chi connectivity index (χ0) is 17.1. The van der Waals surface area contributed by atoms with Crippen LogP contribution in [0.15, 0.2) is 32.6 Å². The van der Waals surface area contributed by atoms with Crippen LogP contribution in [-0.2, 0) is 0 Å². The first kappa shape index (κ1) is 17.1. The maximum Gasteiger partial charge on any atom is 0.270 e. The highest BCUT2D eigenvalue weighted by Gasteiger charge is 2.20. The number of rotatable bonds is 3. The number of nitriles is 1. The summed E-state index contributed by atoms with van der Waals surface area (Å²) >= 11 is 4.89. The Balaban J connectivity index is 2.21. The number of hydrogen-bond acceptors (Lipinski definition) is 5. The number of aromatic amines is 1. The Morgan fingerprint density at radius 2 is 2.08 bits per heavy atom. The van der Waals surface area contributed by atoms with E-state index in [4.69, 9.17) is 0 Å². The molecule has 1 saturated heterocycles. The lowest BCUT2D eigenvalue weighted by molar-refractivity contribution is 0.578. The van der Waals surface area contributed by atoms with E-state index in [-0.39, 0.29) is 11.1 Å². The predicted octanol–water partition coefficient (Wildman–Crippen LogP) is 3.78. The highest BCUT2D eigenvalue weighted by Crippen LogP contribution is 2.35. The number of thioether (sulfide) groups is 1. The summed E-state index contributed by atoms with van der Waals surface area (Å²) in [7, 11) is 0. The summed E-state index contributed by atoms with van der Waals surface area (Å²) < 4.78 is 0.972. The van der Waals surface area contributed by atoms with Gasteiger partial charge < -0.3 is 9.88 Å². The van der Waals surface area contributed by atoms with Crippen molar-refractivity contribution >= 4 is 33.4 Å². The van der Waals surface area contributed by atoms with Crippen LogP contribution in [-0.4, -0.2) is 29.3 Å². The van der Waals surface area contributed by atoms with Gasteiger partial charge in [-0.3, -0.25) is 4.79 Å². The number of benzene rings is 1. The summed E-state index contributed by atoms with van der Waals surface area (Å²) in [5.41, 5.74) is 1.98. The number of nitrogens with zero attached hydrogens (tertiary/aromatic N) is 3. The molecule has 7 heteroatoms. The van der Waals surface area contributed by atoms with Crippen LogP contribution in [0.3, 0.4) is 0 Å². The van der Waals surface area contributed by atoms with E-state index in [1.165, 1.54) is 18.2 Å². The molecule has 0 saturated carbocycles. The minimum Gasteiger partial charge on any atom is -0.371 e. The van der Waals surface area contributed by atoms with Crippen molar-refractivity contribution in [1.82, 2.24) is 9.97 Å². The van der Waals surface area contributed by atoms with E-state index in [2.05, 4.69) is 30.8 Å². The largest absolute Gasteiger partial charge is 0.371 e. The van der Waals surface area contributed by atoms with Crippen LogP contribution in [0.1, 0.15) is 24.8 Å². The number of H-pyrrole nitrogens is 1. The van der Waals surface area contributed by atoms with Gasteiger partial charge in [0.1, 0.15) is 11.6 Å². The van der Waals surface area contributed by atoms with Crippen LogP contribution < -0.4 is 10.5 Å². The molecule has 1 aromatic heterocycles. The fourth-order valence-electron chi connectivity index (χ4n) is 2.95. The molecule has 0 atom stereocenters. The minimum absolute atomic E-state index is 0.0633. The molecule has 0 unspecified atom stereocenters. The lowest BCUT2D eigenvalue weighted by Gasteiger charge is -2.30. The number of anilines is 1. The average Bonchev–Trinajstić information content (AvgIpc) is 2.61. The van der Waals surface area contributed by atoms with Crippen molar-refractivity contribution in [2.45, 2.75) is 24.4 Å². The number of nitrogens with one attached hydrogen (secondary N) is 1. The fourth-order valence-corrected chi connectivity index (χ4v) is 3.68. The summed E-state index contributed by atoms with van der Waals surface area (Å²) in [4.78, 5) is 21.7. The maximum absolute atomic E-state index is 12.2. The number of hydrogen-bond donors (Lipinski definition) is 1. The molecule has 0 amide bonds. The summed E-state index contributed by atoms with van der Waals surface area (Å²) in [6.07, 6.45) is 5.39. The molecule has 0 aliphatic carbocycles. The van der Waals surface area contributed by atoms with E-state index in [1.807, 2.05) is 30.5 Å². The van der Waals surface area contributed by atoms with Crippen LogP contribution in [0.2, 0.25) is 0 Å². The van der Waals surface area contributed by atoms with Gasteiger partial charge in [0.15, 0.2) is 5.16 Å². The molecule has 1 aliphatic heterocycles. The number of halogens is 1. The van der Waals surface area contributed by atoms with Crippen molar-refractivity contribution < 1.29 is 0 Å². The van der Waals surface area contributed by atoms with Crippen molar-refractivity contribution in [3.63, 3.8) is 0 Å². The van der Waals surface area contributed by atoms with Crippen LogP contribution in [0, 0.1) is 11.3 Å². The molecule has 124 valence electrons. The molecule has 1 N–H and O–H groups in total. The summed E-state index contributed by atoms with van der Waals surface area (Å²) in [5, 5.41) is 9.96. The molecule has 0 spiro atoms. The van der Waals surface area contributed by atoms with E-state index in [9.17, 15) is 10.1 Å². The number of piperidine rings is 1. The highest BCUT2D eigenvalue weighted by atomic mass is 79.9. The molecule has 2 heterocycles. The van der Waals surface area contributed by atoms with E-state index in [0.717, 1.165) is 41.7 Å². The Hall–Kier alpha value is -1.78. The zero-order valence-electron chi connectivity index (χ0n) is 13.3. The minimum atomic E-state index is -0.389. The second kappa shape index (κ2) is 7.41. The van der Waals surface area contributed by atoms with Gasteiger partial charge in [-0.1, -0.05) is 27.7 Å². The van der Waals surface area contributed by atoms with Gasteiger partial charge in [-0.2, -0.15) is 5.26 Å². The van der Waals surface area contributed by atoms with E-state index in [1.54, 1.807) is 0 Å². The Morgan fingerprint density at radius 1 is 1.33 bits per heavy atom. The molecule has 0 radical (unpaired) electrons. The quantitative estimate of drug-likeness (QED) is 0.622. The third kappa shape index (κ3) is 3.35. The smallest absolute Gasteiger partial charge is 0.270 e. The molecule has 0 bridgehead atoms. The molecular formula is C17H17BrN4OS. The lowest BCUT2D eigenvalue weighted by Crippen LogP contribution is -2.30. The van der Waals surface area contributed by atoms with Gasteiger partial charge >= 0.3 is 0 Å². The third-order valence-electron chi connectivity index (χ3n) is 4.11. The first-order valence-corrected chi connectivity index (χ1v) is 9.79. The van der Waals surface area contributed by atoms with Gasteiger partial charge in [0, 0.05) is 28.8 Å². The lowest BCUT2D eigenvalue weighted by atomic mass is 10.0. The van der Waals surface area contributed by atoms with E-state index in [0.29, 0.717) is 10.9 Å². The standard InChI is InChI=1S/C17H17BrN4OS/c1-24-17-20-15(13(10-19)16(23)21-17)12-6-5-11(18)9-14(12)22-7-3-2-4-8-22/h5-6,9H,2-4,7-8H2,1H3,(H,20,21,23). The summed E-state index contributed by atoms with van der Waals surface area (Å²) in [5.74, 6) is 0. The second-order valence-corrected chi connectivity index (χ2v) is 7.33. The average molecular weight is 405 g/mol. The Labute approximate surface area is 153 Å². The van der Waals surface area contributed by atoms with Gasteiger partial charge in [-0.05, 0) is 43.7 Å². The van der Waals surface area contributed by atoms with Crippen LogP contribution in [0.25, 0.3) is 11.3 Å². The maximum atomic E-state index is 12.2. The fraction of sp³-hybridized carbons (Fsp3) is 0.353. The Kier molecular flexibility index (Phi) is 5.27. The molecule has 2 aromatic rings. The van der Waals surface area contributed by atoms with Gasteiger partial charge in [-0.25, -0.2) is 4.98 Å². The van der Waals surface area contributed by atoms with Gasteiger partial charge in [0.2, 0.25) is 0 Å². The molecule has 1 fully saturated rings. The first-order valence-electron chi connectivity index (χ1n) is 7.77. The number of aromatic nitrogens is 2. The van der Waals surface area contributed by atoms with Crippen molar-refractivity contribution in [2.75, 3.05) is 24.2 Å². The third-order valence-corrected chi connectivity index (χ3v) is 5.19. The van der Waals surface area contributed by atoms with Crippen molar-refractivity contribution in [2.24, 2.45) is 0 Å². The van der Waals surface area contributed by atoms with Crippen LogP contribution in [0.4, 0.5) is 5.69 Å². The molecular weight excluding hydrogens is 388 g/mol. The molecule has 5 nitrogen and oxygen atoms in total. The van der Waals surface area contributed by atoms with Crippen molar-refractivity contribution in [3.05, 3.63) is 38.6 Å². The topological polar surface area (TPSA) is 72.8 Å². The van der Waals surface area contributed by atoms with Crippen molar-refractivity contribution in [1.29, 1.82) is 5.26 Å². The van der Waals surface area contributed by atoms with Gasteiger partial charge in [0.05, 0.1) is 5.69 Å². The predicted molar refractivity (Wildman–Crippen MR) is 101 cm³/mol. The molecule has 24 heavy (non-hydrogen) atoms. The van der Waals surface area contributed by atoms with Crippen LogP contribution in [0.5, 0.6) is 0 Å². The van der Waals surface area contributed by atoms with Gasteiger partial charge in [-0.15, -0.1) is 0 Å². The van der Waals surface area contributed by atoms with Gasteiger partial charge in [0.25, 0.3) is 5.56 Å². The molecule has 1 aliphatic rings. The normalized spacial score (nSPS) is 14.5. The summed E-state index contributed by atoms with van der Waals surface area (Å²) in [6, 6.07) is 7.91. The first-order chi connectivity index (χ1) is 11.6. The van der Waals surface area contributed by atoms with Crippen molar-refractivity contribution in [3.8, 4) is 17.3 Å².